The van der Waals surface area contributed by atoms with Gasteiger partial charge in [-0.1, -0.05) is 6.92 Å². The molecule has 14 heavy (non-hydrogen) atoms. The second kappa shape index (κ2) is 4.15. The SMILES string of the molecule is CC(CCl)(Cc1sccc1Br)C1CC1. The Morgan fingerprint density at radius 2 is 2.36 bits per heavy atom. The average Bonchev–Trinajstić information content (AvgIpc) is 2.95. The van der Waals surface area contributed by atoms with Crippen molar-refractivity contribution >= 4 is 38.9 Å². The van der Waals surface area contributed by atoms with Crippen molar-refractivity contribution in [2.75, 3.05) is 5.88 Å². The maximum absolute atomic E-state index is 6.10. The quantitative estimate of drug-likeness (QED) is 0.705. The highest BCUT2D eigenvalue weighted by molar-refractivity contribution is 9.10. The fourth-order valence-corrected chi connectivity index (χ4v) is 3.90. The van der Waals surface area contributed by atoms with Gasteiger partial charge in [-0.25, -0.2) is 0 Å². The normalized spacial score (nSPS) is 20.8. The van der Waals surface area contributed by atoms with E-state index in [0.29, 0.717) is 5.41 Å². The maximum Gasteiger partial charge on any atom is 0.0314 e. The summed E-state index contributed by atoms with van der Waals surface area (Å²) in [6.45, 7) is 2.32. The Morgan fingerprint density at radius 1 is 1.64 bits per heavy atom. The third-order valence-electron chi connectivity index (χ3n) is 3.12. The van der Waals surface area contributed by atoms with Crippen LogP contribution in [0.4, 0.5) is 0 Å². The van der Waals surface area contributed by atoms with Crippen LogP contribution in [0.2, 0.25) is 0 Å². The van der Waals surface area contributed by atoms with Gasteiger partial charge >= 0.3 is 0 Å². The van der Waals surface area contributed by atoms with Crippen molar-refractivity contribution in [2.45, 2.75) is 26.2 Å². The minimum atomic E-state index is 0.314. The average molecular weight is 294 g/mol. The molecular formula is C11H14BrClS. The minimum absolute atomic E-state index is 0.314. The van der Waals surface area contributed by atoms with E-state index in [1.54, 1.807) is 0 Å². The molecule has 1 aromatic rings. The number of rotatable bonds is 4. The molecule has 0 aliphatic heterocycles. The van der Waals surface area contributed by atoms with Gasteiger partial charge in [0, 0.05) is 15.2 Å². The summed E-state index contributed by atoms with van der Waals surface area (Å²) in [7, 11) is 0. The molecule has 0 nitrogen and oxygen atoms in total. The fraction of sp³-hybridized carbons (Fsp3) is 0.636. The largest absolute Gasteiger partial charge is 0.148 e. The van der Waals surface area contributed by atoms with Crippen molar-refractivity contribution in [2.24, 2.45) is 11.3 Å². The Labute approximate surface area is 103 Å². The lowest BCUT2D eigenvalue weighted by molar-refractivity contribution is 0.315. The second-order valence-electron chi connectivity index (χ2n) is 4.43. The lowest BCUT2D eigenvalue weighted by atomic mass is 9.83. The number of alkyl halides is 1. The molecule has 1 atom stereocenters. The molecule has 0 saturated heterocycles. The molecule has 1 heterocycles. The summed E-state index contributed by atoms with van der Waals surface area (Å²) in [5.74, 6) is 1.64. The fourth-order valence-electron chi connectivity index (χ4n) is 1.90. The van der Waals surface area contributed by atoms with Gasteiger partial charge in [-0.3, -0.25) is 0 Å². The predicted molar refractivity (Wildman–Crippen MR) is 67.3 cm³/mol. The molecule has 1 aromatic heterocycles. The lowest BCUT2D eigenvalue weighted by Crippen LogP contribution is -2.24. The Kier molecular flexibility index (Phi) is 3.25. The van der Waals surface area contributed by atoms with E-state index in [0.717, 1.165) is 18.2 Å². The Balaban J connectivity index is 2.11. The zero-order valence-corrected chi connectivity index (χ0v) is 11.4. The van der Waals surface area contributed by atoms with Crippen LogP contribution in [-0.4, -0.2) is 5.88 Å². The van der Waals surface area contributed by atoms with Crippen LogP contribution in [0, 0.1) is 11.3 Å². The Bertz CT molecular complexity index is 319. The van der Waals surface area contributed by atoms with Crippen LogP contribution in [0.3, 0.4) is 0 Å². The van der Waals surface area contributed by atoms with Crippen molar-refractivity contribution < 1.29 is 0 Å². The highest BCUT2D eigenvalue weighted by Gasteiger charge is 2.41. The molecule has 1 saturated carbocycles. The topological polar surface area (TPSA) is 0 Å². The van der Waals surface area contributed by atoms with Crippen molar-refractivity contribution in [3.05, 3.63) is 20.8 Å². The van der Waals surface area contributed by atoms with Crippen LogP contribution in [0.1, 0.15) is 24.6 Å². The second-order valence-corrected chi connectivity index (χ2v) is 6.55. The molecule has 1 fully saturated rings. The molecule has 3 heteroatoms. The minimum Gasteiger partial charge on any atom is -0.148 e. The van der Waals surface area contributed by atoms with Crippen LogP contribution >= 0.6 is 38.9 Å². The Morgan fingerprint density at radius 3 is 2.79 bits per heavy atom. The highest BCUT2D eigenvalue weighted by atomic mass is 79.9. The van der Waals surface area contributed by atoms with Crippen molar-refractivity contribution in [1.29, 1.82) is 0 Å². The number of hydrogen-bond donors (Lipinski definition) is 0. The van der Waals surface area contributed by atoms with Gasteiger partial charge in [0.25, 0.3) is 0 Å². The van der Waals surface area contributed by atoms with Crippen LogP contribution in [0.5, 0.6) is 0 Å². The van der Waals surface area contributed by atoms with Gasteiger partial charge in [-0.2, -0.15) is 0 Å². The van der Waals surface area contributed by atoms with E-state index in [2.05, 4.69) is 34.3 Å². The van der Waals surface area contributed by atoms with E-state index in [-0.39, 0.29) is 0 Å². The molecule has 0 bridgehead atoms. The zero-order valence-electron chi connectivity index (χ0n) is 8.22. The first-order chi connectivity index (χ1) is 6.65. The number of hydrogen-bond acceptors (Lipinski definition) is 1. The first kappa shape index (κ1) is 11.0. The molecule has 78 valence electrons. The lowest BCUT2D eigenvalue weighted by Gasteiger charge is -2.26. The van der Waals surface area contributed by atoms with Crippen molar-refractivity contribution in [1.82, 2.24) is 0 Å². The summed E-state index contributed by atoms with van der Waals surface area (Å²) in [6.07, 6.45) is 3.86. The van der Waals surface area contributed by atoms with Crippen LogP contribution in [-0.2, 0) is 6.42 Å². The van der Waals surface area contributed by atoms with E-state index in [1.165, 1.54) is 22.2 Å². The highest BCUT2D eigenvalue weighted by Crippen LogP contribution is 2.49. The van der Waals surface area contributed by atoms with E-state index in [1.807, 2.05) is 11.3 Å². The summed E-state index contributed by atoms with van der Waals surface area (Å²) in [5.41, 5.74) is 0.314. The van der Waals surface area contributed by atoms with Crippen molar-refractivity contribution in [3.8, 4) is 0 Å². The molecule has 0 amide bonds. The van der Waals surface area contributed by atoms with Gasteiger partial charge in [-0.05, 0) is 58.0 Å². The van der Waals surface area contributed by atoms with E-state index in [4.69, 9.17) is 11.6 Å². The van der Waals surface area contributed by atoms with Crippen LogP contribution in [0.25, 0.3) is 0 Å². The van der Waals surface area contributed by atoms with Gasteiger partial charge in [0.05, 0.1) is 0 Å². The molecule has 0 radical (unpaired) electrons. The summed E-state index contributed by atoms with van der Waals surface area (Å²) >= 11 is 11.5. The summed E-state index contributed by atoms with van der Waals surface area (Å²) < 4.78 is 1.25. The molecular weight excluding hydrogens is 280 g/mol. The molecule has 1 aliphatic rings. The first-order valence-electron chi connectivity index (χ1n) is 4.93. The van der Waals surface area contributed by atoms with Gasteiger partial charge in [0.1, 0.15) is 0 Å². The monoisotopic (exact) mass is 292 g/mol. The van der Waals surface area contributed by atoms with Gasteiger partial charge < -0.3 is 0 Å². The zero-order chi connectivity index (χ0) is 10.2. The predicted octanol–water partition coefficient (Wildman–Crippen LogP) is 4.71. The summed E-state index contributed by atoms with van der Waals surface area (Å²) in [6, 6.07) is 2.13. The van der Waals surface area contributed by atoms with Crippen LogP contribution < -0.4 is 0 Å². The molecule has 0 N–H and O–H groups in total. The summed E-state index contributed by atoms with van der Waals surface area (Å²) in [5, 5.41) is 2.14. The molecule has 2 rings (SSSR count). The number of thiophene rings is 1. The van der Waals surface area contributed by atoms with Crippen molar-refractivity contribution in [3.63, 3.8) is 0 Å². The molecule has 1 aliphatic carbocycles. The third-order valence-corrected chi connectivity index (χ3v) is 5.66. The van der Waals surface area contributed by atoms with Crippen LogP contribution in [0.15, 0.2) is 15.9 Å². The third kappa shape index (κ3) is 2.17. The van der Waals surface area contributed by atoms with Gasteiger partial charge in [0.2, 0.25) is 0 Å². The standard InChI is InChI=1S/C11H14BrClS/c1-11(7-13,8-2-3-8)6-10-9(12)4-5-14-10/h4-5,8H,2-3,6-7H2,1H3. The maximum atomic E-state index is 6.10. The molecule has 1 unspecified atom stereocenters. The Hall–Kier alpha value is 0.470. The summed E-state index contributed by atoms with van der Waals surface area (Å²) in [4.78, 5) is 1.44. The molecule has 0 aromatic carbocycles. The van der Waals surface area contributed by atoms with E-state index < -0.39 is 0 Å². The number of halogens is 2. The smallest absolute Gasteiger partial charge is 0.0314 e. The van der Waals surface area contributed by atoms with Gasteiger partial charge in [0.15, 0.2) is 0 Å². The van der Waals surface area contributed by atoms with E-state index >= 15 is 0 Å². The van der Waals surface area contributed by atoms with Gasteiger partial charge in [-0.15, -0.1) is 22.9 Å². The molecule has 0 spiro atoms. The van der Waals surface area contributed by atoms with E-state index in [9.17, 15) is 0 Å². The first-order valence-corrected chi connectivity index (χ1v) is 7.14.